The lowest BCUT2D eigenvalue weighted by Gasteiger charge is -2.40. The number of nitriles is 1. The molecule has 114 valence electrons. The highest BCUT2D eigenvalue weighted by atomic mass is 19.4. The van der Waals surface area contributed by atoms with Crippen molar-refractivity contribution in [1.29, 1.82) is 5.26 Å². The average molecular weight is 289 g/mol. The van der Waals surface area contributed by atoms with E-state index in [1.54, 1.807) is 4.90 Å². The Labute approximate surface area is 118 Å². The first-order valence-electron chi connectivity index (χ1n) is 7.43. The monoisotopic (exact) mass is 289 g/mol. The van der Waals surface area contributed by atoms with E-state index in [0.29, 0.717) is 19.1 Å². The molecule has 0 N–H and O–H groups in total. The Bertz CT molecular complexity index is 337. The lowest BCUT2D eigenvalue weighted by atomic mass is 9.99. The fraction of sp³-hybridized carbons (Fsp3) is 0.929. The van der Waals surface area contributed by atoms with Crippen LogP contribution in [0.15, 0.2) is 0 Å². The SMILES string of the molecule is N#CC(CN1CCC(N2CCCCC2)CC1)C(F)(F)F. The smallest absolute Gasteiger partial charge is 0.302 e. The summed E-state index contributed by atoms with van der Waals surface area (Å²) in [6.45, 7) is 3.44. The van der Waals surface area contributed by atoms with Crippen molar-refractivity contribution in [3.8, 4) is 6.07 Å². The van der Waals surface area contributed by atoms with Gasteiger partial charge in [0.15, 0.2) is 5.92 Å². The van der Waals surface area contributed by atoms with Crippen molar-refractivity contribution in [1.82, 2.24) is 9.80 Å². The number of rotatable bonds is 3. The molecule has 0 aromatic carbocycles. The average Bonchev–Trinajstić information content (AvgIpc) is 2.45. The number of alkyl halides is 3. The number of nitrogens with zero attached hydrogens (tertiary/aromatic N) is 3. The van der Waals surface area contributed by atoms with Crippen LogP contribution < -0.4 is 0 Å². The predicted molar refractivity (Wildman–Crippen MR) is 70.0 cm³/mol. The molecule has 6 heteroatoms. The minimum atomic E-state index is -4.40. The van der Waals surface area contributed by atoms with Crippen LogP contribution in [0.5, 0.6) is 0 Å². The van der Waals surface area contributed by atoms with Gasteiger partial charge < -0.3 is 9.80 Å². The molecule has 0 spiro atoms. The molecule has 0 amide bonds. The van der Waals surface area contributed by atoms with Gasteiger partial charge in [-0.1, -0.05) is 6.42 Å². The second-order valence-electron chi connectivity index (χ2n) is 5.85. The maximum Gasteiger partial charge on any atom is 0.405 e. The van der Waals surface area contributed by atoms with Gasteiger partial charge in [-0.25, -0.2) is 0 Å². The zero-order valence-corrected chi connectivity index (χ0v) is 11.7. The summed E-state index contributed by atoms with van der Waals surface area (Å²) in [6, 6.07) is 1.91. The molecule has 1 atom stereocenters. The van der Waals surface area contributed by atoms with E-state index < -0.39 is 12.1 Å². The first kappa shape index (κ1) is 15.6. The normalized spacial score (nSPS) is 25.3. The molecular formula is C14H22F3N3. The van der Waals surface area contributed by atoms with E-state index in [9.17, 15) is 13.2 Å². The van der Waals surface area contributed by atoms with Crippen molar-refractivity contribution < 1.29 is 13.2 Å². The van der Waals surface area contributed by atoms with E-state index in [4.69, 9.17) is 5.26 Å². The van der Waals surface area contributed by atoms with E-state index in [-0.39, 0.29) is 6.54 Å². The molecule has 2 rings (SSSR count). The Morgan fingerprint density at radius 3 is 2.15 bits per heavy atom. The lowest BCUT2D eigenvalue weighted by molar-refractivity contribution is -0.164. The van der Waals surface area contributed by atoms with Crippen LogP contribution in [0.1, 0.15) is 32.1 Å². The summed E-state index contributed by atoms with van der Waals surface area (Å²) < 4.78 is 37.8. The van der Waals surface area contributed by atoms with Gasteiger partial charge in [0, 0.05) is 12.6 Å². The molecule has 2 aliphatic heterocycles. The van der Waals surface area contributed by atoms with Gasteiger partial charge in [0.25, 0.3) is 0 Å². The molecule has 0 aromatic rings. The number of hydrogen-bond acceptors (Lipinski definition) is 3. The van der Waals surface area contributed by atoms with Crippen molar-refractivity contribution in [2.75, 3.05) is 32.7 Å². The van der Waals surface area contributed by atoms with Gasteiger partial charge in [-0.15, -0.1) is 0 Å². The molecule has 3 nitrogen and oxygen atoms in total. The van der Waals surface area contributed by atoms with Crippen LogP contribution in [0.4, 0.5) is 13.2 Å². The van der Waals surface area contributed by atoms with Gasteiger partial charge in [-0.05, 0) is 51.9 Å². The summed E-state index contributed by atoms with van der Waals surface area (Å²) in [5.41, 5.74) is 0. The first-order valence-corrected chi connectivity index (χ1v) is 7.43. The van der Waals surface area contributed by atoms with Crippen molar-refractivity contribution in [3.05, 3.63) is 0 Å². The zero-order chi connectivity index (χ0) is 14.6. The van der Waals surface area contributed by atoms with Crippen LogP contribution in [-0.2, 0) is 0 Å². The molecular weight excluding hydrogens is 267 g/mol. The quantitative estimate of drug-likeness (QED) is 0.800. The molecule has 0 bridgehead atoms. The van der Waals surface area contributed by atoms with Gasteiger partial charge in [0.05, 0.1) is 6.07 Å². The summed E-state index contributed by atoms with van der Waals surface area (Å²) in [5.74, 6) is -1.85. The lowest BCUT2D eigenvalue weighted by Crippen LogP contribution is -2.48. The van der Waals surface area contributed by atoms with Crippen molar-refractivity contribution in [3.63, 3.8) is 0 Å². The van der Waals surface area contributed by atoms with E-state index in [0.717, 1.165) is 25.9 Å². The number of piperidine rings is 2. The Hall–Kier alpha value is -0.800. The van der Waals surface area contributed by atoms with Crippen LogP contribution in [0.25, 0.3) is 0 Å². The molecule has 2 fully saturated rings. The zero-order valence-electron chi connectivity index (χ0n) is 11.7. The Morgan fingerprint density at radius 2 is 1.65 bits per heavy atom. The molecule has 1 unspecified atom stereocenters. The number of hydrogen-bond donors (Lipinski definition) is 0. The summed E-state index contributed by atoms with van der Waals surface area (Å²) in [4.78, 5) is 4.29. The Kier molecular flexibility index (Phi) is 5.28. The van der Waals surface area contributed by atoms with Gasteiger partial charge in [0.2, 0.25) is 0 Å². The molecule has 0 radical (unpaired) electrons. The minimum absolute atomic E-state index is 0.174. The van der Waals surface area contributed by atoms with Crippen LogP contribution in [0, 0.1) is 17.2 Å². The molecule has 20 heavy (non-hydrogen) atoms. The third-order valence-corrected chi connectivity index (χ3v) is 4.46. The maximum absolute atomic E-state index is 12.6. The number of likely N-dealkylation sites (tertiary alicyclic amines) is 2. The Balaban J connectivity index is 1.78. The highest BCUT2D eigenvalue weighted by molar-refractivity contribution is 4.92. The topological polar surface area (TPSA) is 30.3 Å². The highest BCUT2D eigenvalue weighted by Gasteiger charge is 2.41. The molecule has 2 saturated heterocycles. The number of halogens is 3. The second-order valence-corrected chi connectivity index (χ2v) is 5.85. The molecule has 2 aliphatic rings. The third-order valence-electron chi connectivity index (χ3n) is 4.46. The van der Waals surface area contributed by atoms with Gasteiger partial charge in [-0.2, -0.15) is 18.4 Å². The largest absolute Gasteiger partial charge is 0.405 e. The first-order chi connectivity index (χ1) is 9.50. The summed E-state index contributed by atoms with van der Waals surface area (Å²) in [5, 5.41) is 8.64. The maximum atomic E-state index is 12.6. The van der Waals surface area contributed by atoms with E-state index in [1.807, 2.05) is 0 Å². The summed E-state index contributed by atoms with van der Waals surface area (Å²) in [7, 11) is 0. The van der Waals surface area contributed by atoms with Gasteiger partial charge in [0.1, 0.15) is 0 Å². The fourth-order valence-corrected chi connectivity index (χ4v) is 3.23. The van der Waals surface area contributed by atoms with Gasteiger partial charge in [-0.3, -0.25) is 0 Å². The van der Waals surface area contributed by atoms with E-state index >= 15 is 0 Å². The standard InChI is InChI=1S/C14H22F3N3/c15-14(16,17)12(10-18)11-19-8-4-13(5-9-19)20-6-2-1-3-7-20/h12-13H,1-9,11H2. The second kappa shape index (κ2) is 6.77. The van der Waals surface area contributed by atoms with Crippen molar-refractivity contribution in [2.24, 2.45) is 5.92 Å². The Morgan fingerprint density at radius 1 is 1.05 bits per heavy atom. The summed E-state index contributed by atoms with van der Waals surface area (Å²) >= 11 is 0. The van der Waals surface area contributed by atoms with Crippen LogP contribution in [-0.4, -0.2) is 54.7 Å². The van der Waals surface area contributed by atoms with Crippen LogP contribution in [0.2, 0.25) is 0 Å². The molecule has 2 heterocycles. The minimum Gasteiger partial charge on any atom is -0.302 e. The van der Waals surface area contributed by atoms with Crippen molar-refractivity contribution in [2.45, 2.75) is 44.3 Å². The van der Waals surface area contributed by atoms with Crippen LogP contribution in [0.3, 0.4) is 0 Å². The molecule has 0 aliphatic carbocycles. The van der Waals surface area contributed by atoms with E-state index in [2.05, 4.69) is 4.90 Å². The van der Waals surface area contributed by atoms with Crippen LogP contribution >= 0.6 is 0 Å². The predicted octanol–water partition coefficient (Wildman–Crippen LogP) is 2.64. The fourth-order valence-electron chi connectivity index (χ4n) is 3.23. The molecule has 0 saturated carbocycles. The molecule has 0 aromatic heterocycles. The third kappa shape index (κ3) is 4.10. The van der Waals surface area contributed by atoms with Gasteiger partial charge >= 0.3 is 6.18 Å². The van der Waals surface area contributed by atoms with E-state index in [1.165, 1.54) is 25.3 Å². The van der Waals surface area contributed by atoms with Crippen molar-refractivity contribution >= 4 is 0 Å². The summed E-state index contributed by atoms with van der Waals surface area (Å²) in [6.07, 6.45) is 1.23. The highest BCUT2D eigenvalue weighted by Crippen LogP contribution is 2.28.